The molecule has 1 saturated carbocycles. The SMILES string of the molecule is O=C1Oc2ccc(F)cc2-c2cc(F)ccc2OC(=O)[C@H]2CCCC[C@H]12. The maximum absolute atomic E-state index is 13.8. The summed E-state index contributed by atoms with van der Waals surface area (Å²) in [5.74, 6) is -3.20. The third-order valence-electron chi connectivity index (χ3n) is 4.97. The molecule has 0 saturated heterocycles. The summed E-state index contributed by atoms with van der Waals surface area (Å²) in [5.41, 5.74) is 0.324. The van der Waals surface area contributed by atoms with E-state index in [1.165, 1.54) is 24.3 Å². The number of carbonyl (C=O) groups excluding carboxylic acids is 2. The van der Waals surface area contributed by atoms with E-state index < -0.39 is 35.4 Å². The molecule has 0 radical (unpaired) electrons. The van der Waals surface area contributed by atoms with E-state index in [0.717, 1.165) is 25.0 Å². The quantitative estimate of drug-likeness (QED) is 0.521. The molecule has 26 heavy (non-hydrogen) atoms. The highest BCUT2D eigenvalue weighted by Crippen LogP contribution is 2.41. The molecule has 0 bridgehead atoms. The smallest absolute Gasteiger partial charge is 0.315 e. The molecule has 0 amide bonds. The first-order valence-electron chi connectivity index (χ1n) is 8.56. The van der Waals surface area contributed by atoms with Gasteiger partial charge >= 0.3 is 11.9 Å². The molecule has 2 aromatic rings. The maximum Gasteiger partial charge on any atom is 0.315 e. The largest absolute Gasteiger partial charge is 0.426 e. The number of halogens is 2. The van der Waals surface area contributed by atoms with Crippen molar-refractivity contribution in [3.05, 3.63) is 48.0 Å². The molecule has 4 rings (SSSR count). The summed E-state index contributed by atoms with van der Waals surface area (Å²) in [4.78, 5) is 25.3. The van der Waals surface area contributed by atoms with Gasteiger partial charge in [0.05, 0.1) is 11.8 Å². The summed E-state index contributed by atoms with van der Waals surface area (Å²) in [6, 6.07) is 7.27. The third-order valence-corrected chi connectivity index (χ3v) is 4.97. The fraction of sp³-hybridized carbons (Fsp3) is 0.300. The highest BCUT2D eigenvalue weighted by Gasteiger charge is 2.39. The van der Waals surface area contributed by atoms with Crippen LogP contribution < -0.4 is 9.47 Å². The number of ether oxygens (including phenoxy) is 2. The van der Waals surface area contributed by atoms with Gasteiger partial charge in [0.15, 0.2) is 0 Å². The van der Waals surface area contributed by atoms with Gasteiger partial charge in [-0.3, -0.25) is 9.59 Å². The molecule has 1 aliphatic heterocycles. The predicted molar refractivity (Wildman–Crippen MR) is 88.5 cm³/mol. The molecule has 0 aromatic heterocycles. The van der Waals surface area contributed by atoms with E-state index >= 15 is 0 Å². The lowest BCUT2D eigenvalue weighted by Gasteiger charge is -2.29. The van der Waals surface area contributed by atoms with Gasteiger partial charge in [0.1, 0.15) is 23.1 Å². The molecule has 0 spiro atoms. The summed E-state index contributed by atoms with van der Waals surface area (Å²) in [7, 11) is 0. The lowest BCUT2D eigenvalue weighted by atomic mass is 9.79. The molecule has 4 nitrogen and oxygen atoms in total. The van der Waals surface area contributed by atoms with Gasteiger partial charge in [0.25, 0.3) is 0 Å². The zero-order chi connectivity index (χ0) is 18.3. The number of hydrogen-bond acceptors (Lipinski definition) is 4. The predicted octanol–water partition coefficient (Wildman–Crippen LogP) is 4.26. The van der Waals surface area contributed by atoms with Crippen molar-refractivity contribution in [1.82, 2.24) is 0 Å². The summed E-state index contributed by atoms with van der Waals surface area (Å²) >= 11 is 0. The second-order valence-electron chi connectivity index (χ2n) is 6.62. The van der Waals surface area contributed by atoms with Gasteiger partial charge in [-0.2, -0.15) is 0 Å². The average molecular weight is 358 g/mol. The second-order valence-corrected chi connectivity index (χ2v) is 6.62. The average Bonchev–Trinajstić information content (AvgIpc) is 2.64. The summed E-state index contributed by atoms with van der Waals surface area (Å²) in [5, 5.41) is 0. The van der Waals surface area contributed by atoms with Crippen LogP contribution >= 0.6 is 0 Å². The van der Waals surface area contributed by atoms with Crippen LogP contribution in [0.3, 0.4) is 0 Å². The fourth-order valence-electron chi connectivity index (χ4n) is 3.67. The Bertz CT molecular complexity index is 820. The van der Waals surface area contributed by atoms with Crippen LogP contribution in [0.15, 0.2) is 36.4 Å². The Morgan fingerprint density at radius 3 is 1.58 bits per heavy atom. The van der Waals surface area contributed by atoms with E-state index in [-0.39, 0.29) is 22.6 Å². The van der Waals surface area contributed by atoms with Gasteiger partial charge in [-0.05, 0) is 49.2 Å². The number of benzene rings is 2. The van der Waals surface area contributed by atoms with Crippen molar-refractivity contribution >= 4 is 11.9 Å². The van der Waals surface area contributed by atoms with E-state index in [1.807, 2.05) is 0 Å². The van der Waals surface area contributed by atoms with Crippen molar-refractivity contribution in [3.8, 4) is 22.6 Å². The van der Waals surface area contributed by atoms with E-state index in [2.05, 4.69) is 0 Å². The molecule has 1 heterocycles. The Kier molecular flexibility index (Phi) is 4.18. The van der Waals surface area contributed by atoms with Crippen molar-refractivity contribution < 1.29 is 27.8 Å². The second kappa shape index (κ2) is 6.52. The molecule has 0 N–H and O–H groups in total. The van der Waals surface area contributed by atoms with Crippen LogP contribution in [0.2, 0.25) is 0 Å². The van der Waals surface area contributed by atoms with Gasteiger partial charge in [0, 0.05) is 11.1 Å². The van der Waals surface area contributed by atoms with Gasteiger partial charge in [0.2, 0.25) is 0 Å². The Morgan fingerprint density at radius 1 is 0.731 bits per heavy atom. The molecule has 6 heteroatoms. The van der Waals surface area contributed by atoms with Gasteiger partial charge < -0.3 is 9.47 Å². The van der Waals surface area contributed by atoms with E-state index in [0.29, 0.717) is 12.8 Å². The first-order chi connectivity index (χ1) is 12.5. The Morgan fingerprint density at radius 2 is 1.15 bits per heavy atom. The number of rotatable bonds is 0. The molecule has 1 fully saturated rings. The Balaban J connectivity index is 1.90. The Hall–Kier alpha value is -2.76. The van der Waals surface area contributed by atoms with Crippen molar-refractivity contribution in [1.29, 1.82) is 0 Å². The van der Waals surface area contributed by atoms with Crippen molar-refractivity contribution in [2.24, 2.45) is 11.8 Å². The van der Waals surface area contributed by atoms with Crippen LogP contribution in [0.1, 0.15) is 25.7 Å². The van der Waals surface area contributed by atoms with Crippen molar-refractivity contribution in [2.75, 3.05) is 0 Å². The number of carbonyl (C=O) groups is 2. The molecule has 0 unspecified atom stereocenters. The maximum atomic E-state index is 13.8. The van der Waals surface area contributed by atoms with Crippen LogP contribution in [-0.2, 0) is 9.59 Å². The number of hydrogen-bond donors (Lipinski definition) is 0. The van der Waals surface area contributed by atoms with Crippen LogP contribution in [-0.4, -0.2) is 11.9 Å². The van der Waals surface area contributed by atoms with E-state index in [4.69, 9.17) is 9.47 Å². The standard InChI is InChI=1S/C20H16F2O4/c21-11-5-7-17-15(9-11)16-10-12(22)6-8-18(16)26-20(24)14-4-2-1-3-13(14)19(23)25-17/h5-10,13-14H,1-4H2/t13-,14-/m0/s1. The molecular weight excluding hydrogens is 342 g/mol. The minimum atomic E-state index is -0.601. The van der Waals surface area contributed by atoms with Gasteiger partial charge in [-0.15, -0.1) is 0 Å². The summed E-state index contributed by atoms with van der Waals surface area (Å²) < 4.78 is 38.6. The fourth-order valence-corrected chi connectivity index (χ4v) is 3.67. The lowest BCUT2D eigenvalue weighted by Crippen LogP contribution is -2.37. The minimum Gasteiger partial charge on any atom is -0.426 e. The summed E-state index contributed by atoms with van der Waals surface area (Å²) in [6.07, 6.45) is 2.71. The molecule has 2 atom stereocenters. The normalized spacial score (nSPS) is 22.4. The monoisotopic (exact) mass is 358 g/mol. The zero-order valence-corrected chi connectivity index (χ0v) is 13.8. The third kappa shape index (κ3) is 2.96. The molecule has 2 aromatic carbocycles. The topological polar surface area (TPSA) is 52.6 Å². The van der Waals surface area contributed by atoms with Crippen LogP contribution in [0.5, 0.6) is 11.5 Å². The van der Waals surface area contributed by atoms with E-state index in [1.54, 1.807) is 0 Å². The molecule has 2 aliphatic rings. The van der Waals surface area contributed by atoms with Crippen LogP contribution in [0.25, 0.3) is 11.1 Å². The van der Waals surface area contributed by atoms with Crippen molar-refractivity contribution in [2.45, 2.75) is 25.7 Å². The first-order valence-corrected chi connectivity index (χ1v) is 8.56. The van der Waals surface area contributed by atoms with Crippen molar-refractivity contribution in [3.63, 3.8) is 0 Å². The molecular formula is C20H16F2O4. The van der Waals surface area contributed by atoms with Crippen LogP contribution in [0.4, 0.5) is 8.78 Å². The van der Waals surface area contributed by atoms with Gasteiger partial charge in [-0.1, -0.05) is 12.8 Å². The molecule has 1 aliphatic carbocycles. The highest BCUT2D eigenvalue weighted by atomic mass is 19.1. The van der Waals surface area contributed by atoms with Crippen LogP contribution in [0, 0.1) is 23.5 Å². The highest BCUT2D eigenvalue weighted by molar-refractivity contribution is 5.89. The molecule has 134 valence electrons. The van der Waals surface area contributed by atoms with Gasteiger partial charge in [-0.25, -0.2) is 8.78 Å². The zero-order valence-electron chi connectivity index (χ0n) is 13.8. The minimum absolute atomic E-state index is 0.116. The van der Waals surface area contributed by atoms with E-state index in [9.17, 15) is 18.4 Å². The summed E-state index contributed by atoms with van der Waals surface area (Å²) in [6.45, 7) is 0. The number of esters is 2. The lowest BCUT2D eigenvalue weighted by molar-refractivity contribution is -0.152. The Labute approximate surface area is 148 Å². The first kappa shape index (κ1) is 16.7. The number of fused-ring (bicyclic) bond motifs is 4.